The maximum Gasteiger partial charge on any atom is 0.258 e. The third-order valence-corrected chi connectivity index (χ3v) is 4.37. The Bertz CT molecular complexity index is 1220. The summed E-state index contributed by atoms with van der Waals surface area (Å²) in [6.45, 7) is 1.92. The molecule has 0 atom stereocenters. The van der Waals surface area contributed by atoms with Gasteiger partial charge in [0.1, 0.15) is 11.4 Å². The monoisotopic (exact) mass is 366 g/mol. The molecule has 26 heavy (non-hydrogen) atoms. The van der Waals surface area contributed by atoms with Crippen molar-refractivity contribution in [2.24, 2.45) is 0 Å². The molecule has 3 heterocycles. The fourth-order valence-electron chi connectivity index (χ4n) is 2.82. The number of para-hydroxylation sites is 1. The number of methoxy groups -OCH3 is 1. The molecule has 0 bridgehead atoms. The molecule has 0 N–H and O–H groups in total. The highest BCUT2D eigenvalue weighted by atomic mass is 35.5. The molecule has 0 amide bonds. The predicted molar refractivity (Wildman–Crippen MR) is 103 cm³/mol. The van der Waals surface area contributed by atoms with Gasteiger partial charge in [-0.05, 0) is 30.7 Å². The molecule has 6 heteroatoms. The summed E-state index contributed by atoms with van der Waals surface area (Å²) in [4.78, 5) is 16.8. The van der Waals surface area contributed by atoms with Crippen molar-refractivity contribution in [2.75, 3.05) is 7.11 Å². The Balaban J connectivity index is 1.80. The number of halogens is 1. The van der Waals surface area contributed by atoms with E-state index in [1.54, 1.807) is 25.4 Å². The maximum atomic E-state index is 12.3. The van der Waals surface area contributed by atoms with Crippen LogP contribution in [0.5, 0.6) is 5.75 Å². The zero-order valence-corrected chi connectivity index (χ0v) is 14.9. The van der Waals surface area contributed by atoms with Crippen LogP contribution < -0.4 is 10.3 Å². The highest BCUT2D eigenvalue weighted by molar-refractivity contribution is 6.51. The smallest absolute Gasteiger partial charge is 0.258 e. The summed E-state index contributed by atoms with van der Waals surface area (Å²) in [5.74, 6) is 1.20. The highest BCUT2D eigenvalue weighted by Gasteiger charge is 2.10. The Morgan fingerprint density at radius 1 is 1.27 bits per heavy atom. The third-order valence-electron chi connectivity index (χ3n) is 4.07. The minimum atomic E-state index is -0.188. The summed E-state index contributed by atoms with van der Waals surface area (Å²) in [7, 11) is 1.59. The number of pyridine rings is 1. The van der Waals surface area contributed by atoms with Crippen molar-refractivity contribution in [3.8, 4) is 5.75 Å². The van der Waals surface area contributed by atoms with Crippen molar-refractivity contribution in [1.29, 1.82) is 0 Å². The van der Waals surface area contributed by atoms with E-state index in [0.717, 1.165) is 10.9 Å². The third kappa shape index (κ3) is 2.86. The van der Waals surface area contributed by atoms with E-state index in [9.17, 15) is 4.79 Å². The van der Waals surface area contributed by atoms with Gasteiger partial charge in [-0.1, -0.05) is 29.8 Å². The maximum absolute atomic E-state index is 12.3. The van der Waals surface area contributed by atoms with E-state index in [1.165, 1.54) is 10.5 Å². The Morgan fingerprint density at radius 2 is 2.12 bits per heavy atom. The molecule has 0 saturated carbocycles. The zero-order valence-electron chi connectivity index (χ0n) is 14.2. The van der Waals surface area contributed by atoms with Crippen LogP contribution in [0.4, 0.5) is 0 Å². The molecule has 0 radical (unpaired) electrons. The predicted octanol–water partition coefficient (Wildman–Crippen LogP) is 4.49. The van der Waals surface area contributed by atoms with Crippen molar-refractivity contribution in [3.63, 3.8) is 0 Å². The summed E-state index contributed by atoms with van der Waals surface area (Å²) in [6.07, 6.45) is 3.39. The quantitative estimate of drug-likeness (QED) is 0.536. The number of furan rings is 1. The molecule has 0 aliphatic carbocycles. The summed E-state index contributed by atoms with van der Waals surface area (Å²) in [5, 5.41) is 1.23. The summed E-state index contributed by atoms with van der Waals surface area (Å²) >= 11 is 6.40. The van der Waals surface area contributed by atoms with Crippen LogP contribution in [0.15, 0.2) is 57.9 Å². The van der Waals surface area contributed by atoms with Gasteiger partial charge >= 0.3 is 0 Å². The topological polar surface area (TPSA) is 56.7 Å². The SMILES string of the molecule is COc1cccc2cc(C=C(Cl)c3cc(=O)n4cc(C)ccc4n3)oc12. The molecule has 0 aliphatic heterocycles. The van der Waals surface area contributed by atoms with Gasteiger partial charge in [-0.3, -0.25) is 9.20 Å². The van der Waals surface area contributed by atoms with Gasteiger partial charge in [-0.25, -0.2) is 4.98 Å². The second kappa shape index (κ2) is 6.35. The van der Waals surface area contributed by atoms with Gasteiger partial charge in [0.2, 0.25) is 0 Å². The van der Waals surface area contributed by atoms with Gasteiger partial charge in [0.15, 0.2) is 11.3 Å². The normalized spacial score (nSPS) is 12.0. The molecular formula is C20H15ClN2O3. The van der Waals surface area contributed by atoms with E-state index in [4.69, 9.17) is 20.8 Å². The van der Waals surface area contributed by atoms with Crippen LogP contribution in [0.25, 0.3) is 27.7 Å². The first-order valence-electron chi connectivity index (χ1n) is 7.99. The van der Waals surface area contributed by atoms with E-state index >= 15 is 0 Å². The highest BCUT2D eigenvalue weighted by Crippen LogP contribution is 2.30. The van der Waals surface area contributed by atoms with Crippen molar-refractivity contribution in [3.05, 3.63) is 76.0 Å². The fraction of sp³-hybridized carbons (Fsp3) is 0.100. The minimum Gasteiger partial charge on any atom is -0.493 e. The number of rotatable bonds is 3. The minimum absolute atomic E-state index is 0.188. The lowest BCUT2D eigenvalue weighted by Gasteiger charge is -2.04. The van der Waals surface area contributed by atoms with E-state index in [-0.39, 0.29) is 5.56 Å². The van der Waals surface area contributed by atoms with Gasteiger partial charge in [-0.2, -0.15) is 0 Å². The van der Waals surface area contributed by atoms with Gasteiger partial charge in [0.05, 0.1) is 17.8 Å². The van der Waals surface area contributed by atoms with Crippen molar-refractivity contribution >= 4 is 39.3 Å². The molecule has 5 nitrogen and oxygen atoms in total. The number of aromatic nitrogens is 2. The number of hydrogen-bond acceptors (Lipinski definition) is 4. The van der Waals surface area contributed by atoms with Gasteiger partial charge in [0, 0.05) is 23.7 Å². The summed E-state index contributed by atoms with van der Waals surface area (Å²) < 4.78 is 12.6. The molecule has 4 aromatic rings. The number of benzene rings is 1. The number of aryl methyl sites for hydroxylation is 1. The van der Waals surface area contributed by atoms with Crippen molar-refractivity contribution in [1.82, 2.24) is 9.38 Å². The summed E-state index contributed by atoms with van der Waals surface area (Å²) in [5.41, 5.74) is 2.37. The lowest BCUT2D eigenvalue weighted by atomic mass is 10.2. The fourth-order valence-corrected chi connectivity index (χ4v) is 3.02. The van der Waals surface area contributed by atoms with E-state index in [1.807, 2.05) is 37.3 Å². The molecule has 0 fully saturated rings. The first kappa shape index (κ1) is 16.4. The Kier molecular flexibility index (Phi) is 4.01. The lowest BCUT2D eigenvalue weighted by Crippen LogP contribution is -2.15. The Labute approximate surface area is 154 Å². The second-order valence-corrected chi connectivity index (χ2v) is 6.34. The molecule has 0 unspecified atom stereocenters. The van der Waals surface area contributed by atoms with E-state index in [2.05, 4.69) is 4.98 Å². The van der Waals surface area contributed by atoms with Crippen molar-refractivity contribution < 1.29 is 9.15 Å². The molecule has 0 saturated heterocycles. The molecule has 0 aliphatic rings. The van der Waals surface area contributed by atoms with Crippen LogP contribution in [0.1, 0.15) is 17.0 Å². The van der Waals surface area contributed by atoms with Crippen LogP contribution in [0, 0.1) is 6.92 Å². The van der Waals surface area contributed by atoms with Crippen LogP contribution in [0.3, 0.4) is 0 Å². The van der Waals surface area contributed by atoms with Gasteiger partial charge in [-0.15, -0.1) is 0 Å². The molecule has 3 aromatic heterocycles. The number of fused-ring (bicyclic) bond motifs is 2. The zero-order chi connectivity index (χ0) is 18.3. The van der Waals surface area contributed by atoms with E-state index in [0.29, 0.717) is 33.5 Å². The van der Waals surface area contributed by atoms with Crippen LogP contribution in [-0.4, -0.2) is 16.5 Å². The van der Waals surface area contributed by atoms with Crippen LogP contribution >= 0.6 is 11.6 Å². The largest absolute Gasteiger partial charge is 0.493 e. The average molecular weight is 367 g/mol. The van der Waals surface area contributed by atoms with Crippen LogP contribution in [-0.2, 0) is 0 Å². The first-order valence-corrected chi connectivity index (χ1v) is 8.37. The molecule has 130 valence electrons. The number of nitrogens with zero attached hydrogens (tertiary/aromatic N) is 2. The lowest BCUT2D eigenvalue weighted by molar-refractivity contribution is 0.410. The Morgan fingerprint density at radius 3 is 2.92 bits per heavy atom. The van der Waals surface area contributed by atoms with Crippen LogP contribution in [0.2, 0.25) is 0 Å². The van der Waals surface area contributed by atoms with Crippen molar-refractivity contribution in [2.45, 2.75) is 6.92 Å². The number of hydrogen-bond donors (Lipinski definition) is 0. The first-order chi connectivity index (χ1) is 12.5. The number of ether oxygens (including phenoxy) is 1. The van der Waals surface area contributed by atoms with Gasteiger partial charge in [0.25, 0.3) is 5.56 Å². The van der Waals surface area contributed by atoms with Gasteiger partial charge < -0.3 is 9.15 Å². The Hall–Kier alpha value is -3.05. The molecule has 0 spiro atoms. The summed E-state index contributed by atoms with van der Waals surface area (Å²) in [6, 6.07) is 12.6. The molecule has 1 aromatic carbocycles. The second-order valence-electron chi connectivity index (χ2n) is 5.93. The average Bonchev–Trinajstić information content (AvgIpc) is 3.04. The standard InChI is InChI=1S/C20H15ClN2O3/c1-12-6-7-18-22-16(10-19(24)23(18)11-12)15(21)9-14-8-13-4-3-5-17(25-2)20(13)26-14/h3-11H,1-2H3. The van der Waals surface area contributed by atoms with E-state index < -0.39 is 0 Å². The molecule has 4 rings (SSSR count). The molecular weight excluding hydrogens is 352 g/mol.